The molecule has 0 aromatic heterocycles. The summed E-state index contributed by atoms with van der Waals surface area (Å²) in [7, 11) is 0. The van der Waals surface area contributed by atoms with Crippen molar-refractivity contribution in [1.29, 1.82) is 0 Å². The van der Waals surface area contributed by atoms with Gasteiger partial charge in [0.15, 0.2) is 0 Å². The van der Waals surface area contributed by atoms with Gasteiger partial charge >= 0.3 is 11.9 Å². The molecule has 0 aliphatic rings. The third-order valence-corrected chi connectivity index (χ3v) is 1.37. The Morgan fingerprint density at radius 3 is 2.29 bits per heavy atom. The van der Waals surface area contributed by atoms with E-state index in [-0.39, 0.29) is 19.5 Å². The fourth-order valence-electron chi connectivity index (χ4n) is 0.766. The van der Waals surface area contributed by atoms with Gasteiger partial charge < -0.3 is 4.74 Å². The molecule has 68 valence electrons. The monoisotopic (exact) mass is 240 g/mol. The van der Waals surface area contributed by atoms with Crippen molar-refractivity contribution in [2.75, 3.05) is 0 Å². The van der Waals surface area contributed by atoms with Crippen LogP contribution >= 0.6 is 0 Å². The molecule has 0 N–H and O–H groups in total. The van der Waals surface area contributed by atoms with Gasteiger partial charge in [-0.15, -0.1) is 0 Å². The largest absolute Gasteiger partial charge is 0.386 e. The van der Waals surface area contributed by atoms with Crippen molar-refractivity contribution in [1.82, 2.24) is 0 Å². The van der Waals surface area contributed by atoms with Crippen LogP contribution in [0.2, 0.25) is 0 Å². The van der Waals surface area contributed by atoms with Crippen molar-refractivity contribution in [3.05, 3.63) is 48.6 Å². The van der Waals surface area contributed by atoms with Gasteiger partial charge in [-0.25, -0.2) is 9.59 Å². The molecule has 0 atom stereocenters. The summed E-state index contributed by atoms with van der Waals surface area (Å²) < 4.78 is 4.39. The van der Waals surface area contributed by atoms with E-state index >= 15 is 0 Å². The van der Waals surface area contributed by atoms with E-state index in [2.05, 4.69) is 11.3 Å². The third kappa shape index (κ3) is 3.63. The number of rotatable bonds is 2. The van der Waals surface area contributed by atoms with Crippen LogP contribution in [0.25, 0.3) is 0 Å². The van der Waals surface area contributed by atoms with Crippen molar-refractivity contribution in [3.8, 4) is 0 Å². The van der Waals surface area contributed by atoms with Crippen LogP contribution in [0.1, 0.15) is 10.4 Å². The summed E-state index contributed by atoms with van der Waals surface area (Å²) in [5.41, 5.74) is 0.345. The molecule has 0 aliphatic heterocycles. The molecule has 1 aromatic carbocycles. The molecule has 0 amide bonds. The van der Waals surface area contributed by atoms with Crippen molar-refractivity contribution >= 4 is 11.9 Å². The topological polar surface area (TPSA) is 43.4 Å². The number of ether oxygens (including phenoxy) is 1. The molecule has 14 heavy (non-hydrogen) atoms. The van der Waals surface area contributed by atoms with Gasteiger partial charge in [0.25, 0.3) is 0 Å². The Hall–Kier alpha value is -1.28. The van der Waals surface area contributed by atoms with E-state index in [1.165, 1.54) is 0 Å². The summed E-state index contributed by atoms with van der Waals surface area (Å²) in [5, 5.41) is 0. The standard InChI is InChI=1S/C10H8O3.Zn/c1-2-9(11)13-10(12)8-6-4-3-5-7-8;/h2-7H,1H2;. The van der Waals surface area contributed by atoms with Gasteiger partial charge in [0.05, 0.1) is 5.56 Å². The molecule has 3 nitrogen and oxygen atoms in total. The molecule has 4 heteroatoms. The fourth-order valence-corrected chi connectivity index (χ4v) is 0.766. The van der Waals surface area contributed by atoms with Gasteiger partial charge in [-0.05, 0) is 12.1 Å². The minimum atomic E-state index is -0.742. The molecule has 0 aliphatic carbocycles. The maximum absolute atomic E-state index is 11.1. The predicted molar refractivity (Wildman–Crippen MR) is 47.1 cm³/mol. The number of benzene rings is 1. The van der Waals surface area contributed by atoms with Gasteiger partial charge in [0.2, 0.25) is 0 Å². The van der Waals surface area contributed by atoms with E-state index in [0.29, 0.717) is 5.56 Å². The molecule has 0 fully saturated rings. The maximum Gasteiger partial charge on any atom is 0.346 e. The van der Waals surface area contributed by atoms with E-state index in [1.807, 2.05) is 0 Å². The van der Waals surface area contributed by atoms with Gasteiger partial charge in [0, 0.05) is 25.6 Å². The Bertz CT molecular complexity index is 332. The Labute approximate surface area is 94.5 Å². The van der Waals surface area contributed by atoms with Crippen LogP contribution in [0, 0.1) is 0 Å². The number of hydrogen-bond acceptors (Lipinski definition) is 3. The van der Waals surface area contributed by atoms with E-state index in [0.717, 1.165) is 6.08 Å². The summed E-state index contributed by atoms with van der Waals surface area (Å²) >= 11 is 0. The van der Waals surface area contributed by atoms with Crippen molar-refractivity contribution in [2.45, 2.75) is 0 Å². The molecule has 0 spiro atoms. The zero-order valence-electron chi connectivity index (χ0n) is 7.60. The number of hydrogen-bond donors (Lipinski definition) is 0. The second-order valence-corrected chi connectivity index (χ2v) is 2.28. The van der Waals surface area contributed by atoms with Crippen LogP contribution < -0.4 is 0 Å². The van der Waals surface area contributed by atoms with E-state index in [1.54, 1.807) is 30.3 Å². The maximum atomic E-state index is 11.1. The fraction of sp³-hybridized carbons (Fsp3) is 0. The number of carbonyl (C=O) groups excluding carboxylic acids is 2. The molecule has 1 aromatic rings. The van der Waals surface area contributed by atoms with Crippen LogP contribution in [-0.2, 0) is 29.0 Å². The first-order valence-electron chi connectivity index (χ1n) is 3.67. The third-order valence-electron chi connectivity index (χ3n) is 1.37. The second-order valence-electron chi connectivity index (χ2n) is 2.28. The molecule has 1 rings (SSSR count). The van der Waals surface area contributed by atoms with E-state index < -0.39 is 11.9 Å². The minimum Gasteiger partial charge on any atom is -0.386 e. The summed E-state index contributed by atoms with van der Waals surface area (Å²) in [4.78, 5) is 21.8. The quantitative estimate of drug-likeness (QED) is 0.342. The van der Waals surface area contributed by atoms with E-state index in [4.69, 9.17) is 0 Å². The molecular weight excluding hydrogens is 233 g/mol. The van der Waals surface area contributed by atoms with E-state index in [9.17, 15) is 9.59 Å². The molecule has 0 saturated heterocycles. The van der Waals surface area contributed by atoms with Crippen LogP contribution in [0.3, 0.4) is 0 Å². The van der Waals surface area contributed by atoms with Gasteiger partial charge in [-0.2, -0.15) is 0 Å². The summed E-state index contributed by atoms with van der Waals surface area (Å²) in [6, 6.07) is 8.29. The molecule has 0 radical (unpaired) electrons. The van der Waals surface area contributed by atoms with Crippen LogP contribution in [0.15, 0.2) is 43.0 Å². The number of carbonyl (C=O) groups is 2. The predicted octanol–water partition coefficient (Wildman–Crippen LogP) is 1.55. The summed E-state index contributed by atoms with van der Waals surface area (Å²) in [6.07, 6.45) is 0.945. The zero-order chi connectivity index (χ0) is 9.68. The first-order valence-corrected chi connectivity index (χ1v) is 3.67. The Kier molecular flexibility index (Phi) is 5.65. The average Bonchev–Trinajstić information content (AvgIpc) is 2.19. The van der Waals surface area contributed by atoms with Crippen LogP contribution in [0.4, 0.5) is 0 Å². The second kappa shape index (κ2) is 6.22. The average molecular weight is 242 g/mol. The normalized spacial score (nSPS) is 8.29. The molecule has 0 unspecified atom stereocenters. The van der Waals surface area contributed by atoms with Crippen molar-refractivity contribution in [2.24, 2.45) is 0 Å². The summed E-state index contributed by atoms with van der Waals surface area (Å²) in [5.74, 6) is -1.40. The molecule has 0 saturated carbocycles. The molecule has 0 bridgehead atoms. The van der Waals surface area contributed by atoms with Crippen LogP contribution in [-0.4, -0.2) is 11.9 Å². The zero-order valence-corrected chi connectivity index (χ0v) is 10.6. The van der Waals surface area contributed by atoms with Crippen molar-refractivity contribution < 1.29 is 33.8 Å². The Morgan fingerprint density at radius 2 is 1.79 bits per heavy atom. The van der Waals surface area contributed by atoms with Gasteiger partial charge in [-0.3, -0.25) is 0 Å². The van der Waals surface area contributed by atoms with Gasteiger partial charge in [-0.1, -0.05) is 24.8 Å². The summed E-state index contributed by atoms with van der Waals surface area (Å²) in [6.45, 7) is 3.18. The minimum absolute atomic E-state index is 0. The van der Waals surface area contributed by atoms with Crippen molar-refractivity contribution in [3.63, 3.8) is 0 Å². The first kappa shape index (κ1) is 12.7. The SMILES string of the molecule is C=CC(=O)OC(=O)c1ccccc1.[Zn]. The molecule has 0 heterocycles. The first-order chi connectivity index (χ1) is 6.24. The molecular formula is C10H8O3Zn. The Balaban J connectivity index is 0.00000169. The number of esters is 2. The Morgan fingerprint density at radius 1 is 1.21 bits per heavy atom. The smallest absolute Gasteiger partial charge is 0.346 e. The van der Waals surface area contributed by atoms with Crippen LogP contribution in [0.5, 0.6) is 0 Å². The van der Waals surface area contributed by atoms with Gasteiger partial charge in [0.1, 0.15) is 0 Å².